The normalized spacial score (nSPS) is 12.6. The third-order valence-electron chi connectivity index (χ3n) is 0. The molecule has 3 heteroatoms. The Bertz CT molecular complexity index is 14.4. The summed E-state index contributed by atoms with van der Waals surface area (Å²) >= 11 is 4.83. The van der Waals surface area contributed by atoms with Crippen LogP contribution in [0.1, 0.15) is 6.92 Å². The molecule has 0 amide bonds. The summed E-state index contributed by atoms with van der Waals surface area (Å²) in [4.78, 5) is 0. The van der Waals surface area contributed by atoms with Crippen molar-refractivity contribution in [2.24, 2.45) is 0 Å². The summed E-state index contributed by atoms with van der Waals surface area (Å²) < 4.78 is 0. The average molecular weight is 107 g/mol. The highest BCUT2D eigenvalue weighted by Gasteiger charge is 1.72. The molecular formula is C2H5AlClO. The first-order chi connectivity index (χ1) is 1.73. The van der Waals surface area contributed by atoms with Gasteiger partial charge in [0.2, 0.25) is 0 Å². The van der Waals surface area contributed by atoms with Gasteiger partial charge < -0.3 is 5.11 Å². The molecule has 0 aliphatic rings. The van der Waals surface area contributed by atoms with Crippen LogP contribution in [0.5, 0.6) is 0 Å². The van der Waals surface area contributed by atoms with Gasteiger partial charge in [0.1, 0.15) is 5.56 Å². The van der Waals surface area contributed by atoms with Crippen LogP contribution < -0.4 is 0 Å². The van der Waals surface area contributed by atoms with Gasteiger partial charge in [0, 0.05) is 17.4 Å². The molecule has 0 bridgehead atoms. The van der Waals surface area contributed by atoms with Gasteiger partial charge in [0.25, 0.3) is 0 Å². The van der Waals surface area contributed by atoms with Gasteiger partial charge in [-0.3, -0.25) is 0 Å². The van der Waals surface area contributed by atoms with Crippen LogP contribution in [0.25, 0.3) is 0 Å². The van der Waals surface area contributed by atoms with Crippen molar-refractivity contribution in [1.82, 2.24) is 0 Å². The summed E-state index contributed by atoms with van der Waals surface area (Å²) in [5.41, 5.74) is -0.694. The minimum atomic E-state index is -0.694. The standard InChI is InChI=1S/C2H5ClO.Al/c1-2(3)4;/h2,4H,1H3;. The largest absolute Gasteiger partial charge is 0.378 e. The molecule has 1 atom stereocenters. The van der Waals surface area contributed by atoms with Crippen LogP contribution in [-0.2, 0) is 0 Å². The van der Waals surface area contributed by atoms with E-state index in [9.17, 15) is 0 Å². The van der Waals surface area contributed by atoms with Crippen molar-refractivity contribution >= 4 is 29.0 Å². The highest BCUT2D eigenvalue weighted by molar-refractivity contribution is 6.19. The van der Waals surface area contributed by atoms with Crippen molar-refractivity contribution in [2.45, 2.75) is 12.5 Å². The Morgan fingerprint density at radius 2 is 1.80 bits per heavy atom. The molecule has 1 nitrogen and oxygen atoms in total. The lowest BCUT2D eigenvalue weighted by molar-refractivity contribution is 0.277. The predicted molar refractivity (Wildman–Crippen MR) is 23.3 cm³/mol. The Labute approximate surface area is 47.1 Å². The molecule has 1 unspecified atom stereocenters. The predicted octanol–water partition coefficient (Wildman–Crippen LogP) is 0.183. The van der Waals surface area contributed by atoms with E-state index >= 15 is 0 Å². The van der Waals surface area contributed by atoms with Crippen LogP contribution in [0, 0.1) is 0 Å². The summed E-state index contributed by atoms with van der Waals surface area (Å²) in [6.07, 6.45) is 0. The maximum absolute atomic E-state index is 7.82. The van der Waals surface area contributed by atoms with Crippen molar-refractivity contribution in [3.63, 3.8) is 0 Å². The second-order valence-electron chi connectivity index (χ2n) is 0.574. The third-order valence-corrected chi connectivity index (χ3v) is 0. The molecule has 0 spiro atoms. The molecule has 0 aromatic carbocycles. The van der Waals surface area contributed by atoms with E-state index in [0.717, 1.165) is 0 Å². The molecular weight excluding hydrogens is 102 g/mol. The van der Waals surface area contributed by atoms with E-state index in [4.69, 9.17) is 16.7 Å². The second-order valence-corrected chi connectivity index (χ2v) is 1.21. The Morgan fingerprint density at radius 3 is 1.80 bits per heavy atom. The molecule has 0 aromatic heterocycles. The molecule has 0 aliphatic heterocycles. The topological polar surface area (TPSA) is 20.2 Å². The Morgan fingerprint density at radius 1 is 1.80 bits per heavy atom. The summed E-state index contributed by atoms with van der Waals surface area (Å²) in [7, 11) is 0. The first kappa shape index (κ1) is 9.24. The number of hydrogen-bond donors (Lipinski definition) is 1. The minimum absolute atomic E-state index is 0. The van der Waals surface area contributed by atoms with Crippen molar-refractivity contribution < 1.29 is 5.11 Å². The number of hydrogen-bond acceptors (Lipinski definition) is 1. The first-order valence-electron chi connectivity index (χ1n) is 1.05. The summed E-state index contributed by atoms with van der Waals surface area (Å²) in [6, 6.07) is 0. The van der Waals surface area contributed by atoms with Crippen molar-refractivity contribution in [3.05, 3.63) is 0 Å². The minimum Gasteiger partial charge on any atom is -0.378 e. The van der Waals surface area contributed by atoms with Gasteiger partial charge >= 0.3 is 0 Å². The van der Waals surface area contributed by atoms with Crippen molar-refractivity contribution in [1.29, 1.82) is 0 Å². The molecule has 5 heavy (non-hydrogen) atoms. The lowest BCUT2D eigenvalue weighted by Gasteiger charge is -1.77. The van der Waals surface area contributed by atoms with Gasteiger partial charge in [-0.25, -0.2) is 0 Å². The fourth-order valence-corrected chi connectivity index (χ4v) is 0. The SMILES string of the molecule is CC(O)Cl.[Al]. The quantitative estimate of drug-likeness (QED) is 0.346. The van der Waals surface area contributed by atoms with Crippen LogP contribution in [0.15, 0.2) is 0 Å². The smallest absolute Gasteiger partial charge is 0.125 e. The molecule has 29 valence electrons. The molecule has 1 N–H and O–H groups in total. The monoisotopic (exact) mass is 107 g/mol. The van der Waals surface area contributed by atoms with Crippen LogP contribution in [-0.4, -0.2) is 28.0 Å². The van der Waals surface area contributed by atoms with Crippen LogP contribution in [0.2, 0.25) is 0 Å². The maximum Gasteiger partial charge on any atom is 0.125 e. The first-order valence-corrected chi connectivity index (χ1v) is 1.49. The maximum atomic E-state index is 7.82. The number of halogens is 1. The zero-order valence-corrected chi connectivity index (χ0v) is 4.89. The third kappa shape index (κ3) is 60.5. The number of aliphatic hydroxyl groups excluding tert-OH is 1. The van der Waals surface area contributed by atoms with Crippen LogP contribution in [0.4, 0.5) is 0 Å². The number of aliphatic hydroxyl groups is 1. The molecule has 0 aromatic rings. The Kier molecular flexibility index (Phi) is 8.84. The van der Waals surface area contributed by atoms with E-state index in [-0.39, 0.29) is 17.4 Å². The fourth-order valence-electron chi connectivity index (χ4n) is 0. The van der Waals surface area contributed by atoms with E-state index < -0.39 is 5.56 Å². The van der Waals surface area contributed by atoms with Gasteiger partial charge in [-0.05, 0) is 6.92 Å². The van der Waals surface area contributed by atoms with Crippen LogP contribution >= 0.6 is 11.6 Å². The molecule has 0 aliphatic carbocycles. The lowest BCUT2D eigenvalue weighted by atomic mass is 10.9. The molecule has 0 rings (SSSR count). The van der Waals surface area contributed by atoms with E-state index in [1.165, 1.54) is 6.92 Å². The number of alkyl halides is 1. The van der Waals surface area contributed by atoms with Gasteiger partial charge in [-0.15, -0.1) is 0 Å². The average Bonchev–Trinajstić information content (AvgIpc) is 0.811. The van der Waals surface area contributed by atoms with Crippen LogP contribution in [0.3, 0.4) is 0 Å². The van der Waals surface area contributed by atoms with Gasteiger partial charge in [0.15, 0.2) is 0 Å². The van der Waals surface area contributed by atoms with Gasteiger partial charge in [-0.1, -0.05) is 11.6 Å². The molecule has 3 radical (unpaired) electrons. The van der Waals surface area contributed by atoms with Gasteiger partial charge in [0.05, 0.1) is 0 Å². The summed E-state index contributed by atoms with van der Waals surface area (Å²) in [5, 5.41) is 7.82. The zero-order valence-electron chi connectivity index (χ0n) is 2.98. The highest BCUT2D eigenvalue weighted by Crippen LogP contribution is 1.79. The molecule has 0 saturated heterocycles. The molecule has 0 fully saturated rings. The fraction of sp³-hybridized carbons (Fsp3) is 1.00. The van der Waals surface area contributed by atoms with Crippen molar-refractivity contribution in [2.75, 3.05) is 0 Å². The van der Waals surface area contributed by atoms with E-state index in [0.29, 0.717) is 0 Å². The summed E-state index contributed by atoms with van der Waals surface area (Å²) in [6.45, 7) is 1.49. The summed E-state index contributed by atoms with van der Waals surface area (Å²) in [5.74, 6) is 0. The van der Waals surface area contributed by atoms with E-state index in [1.807, 2.05) is 0 Å². The number of rotatable bonds is 0. The zero-order chi connectivity index (χ0) is 3.58. The lowest BCUT2D eigenvalue weighted by Crippen LogP contribution is -1.79. The highest BCUT2D eigenvalue weighted by atomic mass is 35.5. The Hall–Kier alpha value is 0.782. The van der Waals surface area contributed by atoms with Gasteiger partial charge in [-0.2, -0.15) is 0 Å². The second kappa shape index (κ2) is 4.78. The van der Waals surface area contributed by atoms with Crippen molar-refractivity contribution in [3.8, 4) is 0 Å². The Balaban J connectivity index is 0. The van der Waals surface area contributed by atoms with E-state index in [2.05, 4.69) is 0 Å². The molecule has 0 heterocycles. The molecule has 0 saturated carbocycles. The van der Waals surface area contributed by atoms with E-state index in [1.54, 1.807) is 0 Å².